The maximum atomic E-state index is 13.5. The highest BCUT2D eigenvalue weighted by atomic mass is 35.5. The minimum atomic E-state index is -3.88. The van der Waals surface area contributed by atoms with Crippen LogP contribution in [0, 0.1) is 5.82 Å². The highest BCUT2D eigenvalue weighted by molar-refractivity contribution is 7.87. The molecule has 0 unspecified atom stereocenters. The maximum Gasteiger partial charge on any atom is 0.280 e. The van der Waals surface area contributed by atoms with Crippen molar-refractivity contribution in [2.24, 2.45) is 0 Å². The van der Waals surface area contributed by atoms with Gasteiger partial charge >= 0.3 is 0 Å². The van der Waals surface area contributed by atoms with E-state index in [1.54, 1.807) is 0 Å². The second-order valence-corrected chi connectivity index (χ2v) is 11.4. The molecule has 1 aliphatic rings. The van der Waals surface area contributed by atoms with Crippen LogP contribution in [0.25, 0.3) is 11.1 Å². The van der Waals surface area contributed by atoms with Gasteiger partial charge in [0.25, 0.3) is 10.2 Å². The minimum absolute atomic E-state index is 0.0422. The number of rotatable bonds is 6. The summed E-state index contributed by atoms with van der Waals surface area (Å²) in [4.78, 5) is 13.1. The van der Waals surface area contributed by atoms with E-state index in [0.29, 0.717) is 11.5 Å². The Labute approximate surface area is 211 Å². The largest absolute Gasteiger partial charge is 0.298 e. The highest BCUT2D eigenvalue weighted by Gasteiger charge is 2.40. The molecular formula is C27H28ClFN2O3S. The fraction of sp³-hybridized carbons (Fsp3) is 0.296. The monoisotopic (exact) mass is 514 g/mol. The first-order valence-corrected chi connectivity index (χ1v) is 13.3. The first-order valence-electron chi connectivity index (χ1n) is 11.5. The lowest BCUT2D eigenvalue weighted by Crippen LogP contribution is -2.55. The summed E-state index contributed by atoms with van der Waals surface area (Å²) in [5.74, 6) is -0.404. The van der Waals surface area contributed by atoms with Crippen LogP contribution in [0.3, 0.4) is 0 Å². The molecule has 184 valence electrons. The van der Waals surface area contributed by atoms with Crippen LogP contribution in [0.15, 0.2) is 66.7 Å². The van der Waals surface area contributed by atoms with Crippen molar-refractivity contribution in [3.05, 3.63) is 94.3 Å². The standard InChI is InChI=1S/C27H28ClFN2O3S/c1-17(2)19-8-10-20(11-9-19)21-5-4-6-22(15-21)25-16-26(31(3)35(33,34)30-25)27(32)14-18-7-12-24(29)23(28)13-18/h4-13,15,17,25-26,30H,14,16H2,1-3H3/t25-,26+/m0/s1. The lowest BCUT2D eigenvalue weighted by atomic mass is 9.92. The van der Waals surface area contributed by atoms with Gasteiger partial charge in [0, 0.05) is 19.5 Å². The van der Waals surface area contributed by atoms with Crippen molar-refractivity contribution in [1.82, 2.24) is 9.03 Å². The Kier molecular flexibility index (Phi) is 7.43. The molecule has 35 heavy (non-hydrogen) atoms. The predicted molar refractivity (Wildman–Crippen MR) is 137 cm³/mol. The Balaban J connectivity index is 1.59. The molecule has 0 aliphatic carbocycles. The molecule has 3 aromatic rings. The number of carbonyl (C=O) groups excluding carboxylic acids is 1. The first-order chi connectivity index (χ1) is 16.5. The SMILES string of the molecule is CC(C)c1ccc(-c2cccc([C@@H]3C[C@H](C(=O)Cc4ccc(F)c(Cl)c4)N(C)S(=O)(=O)N3)c2)cc1. The number of benzene rings is 3. The molecule has 0 saturated carbocycles. The van der Waals surface area contributed by atoms with Crippen LogP contribution in [0.1, 0.15) is 48.9 Å². The van der Waals surface area contributed by atoms with E-state index in [0.717, 1.165) is 21.0 Å². The summed E-state index contributed by atoms with van der Waals surface area (Å²) in [6, 6.07) is 18.7. The number of Topliss-reactive ketones (excluding diaryl/α,β-unsaturated/α-hetero) is 1. The molecule has 1 N–H and O–H groups in total. The first kappa shape index (κ1) is 25.5. The van der Waals surface area contributed by atoms with Crippen molar-refractivity contribution in [2.45, 2.75) is 44.7 Å². The molecule has 8 heteroatoms. The van der Waals surface area contributed by atoms with E-state index in [-0.39, 0.29) is 23.6 Å². The molecule has 3 aromatic carbocycles. The van der Waals surface area contributed by atoms with Crippen molar-refractivity contribution in [1.29, 1.82) is 0 Å². The van der Waals surface area contributed by atoms with Crippen LogP contribution in [0.4, 0.5) is 4.39 Å². The molecule has 0 radical (unpaired) electrons. The van der Waals surface area contributed by atoms with Crippen molar-refractivity contribution < 1.29 is 17.6 Å². The van der Waals surface area contributed by atoms with Gasteiger partial charge in [0.1, 0.15) is 5.82 Å². The molecular weight excluding hydrogens is 487 g/mol. The van der Waals surface area contributed by atoms with E-state index in [9.17, 15) is 17.6 Å². The number of nitrogens with one attached hydrogen (secondary N) is 1. The zero-order valence-electron chi connectivity index (χ0n) is 19.8. The van der Waals surface area contributed by atoms with E-state index in [2.05, 4.69) is 42.8 Å². The average molecular weight is 515 g/mol. The van der Waals surface area contributed by atoms with Crippen molar-refractivity contribution in [2.75, 3.05) is 7.05 Å². The van der Waals surface area contributed by atoms with Crippen LogP contribution >= 0.6 is 11.6 Å². The lowest BCUT2D eigenvalue weighted by Gasteiger charge is -2.36. The van der Waals surface area contributed by atoms with E-state index >= 15 is 0 Å². The normalized spacial score (nSPS) is 20.2. The Hall–Kier alpha value is -2.58. The number of hydrogen-bond acceptors (Lipinski definition) is 3. The fourth-order valence-corrected chi connectivity index (χ4v) is 5.85. The third-order valence-electron chi connectivity index (χ3n) is 6.50. The topological polar surface area (TPSA) is 66.5 Å². The van der Waals surface area contributed by atoms with Crippen molar-refractivity contribution in [3.8, 4) is 11.1 Å². The molecule has 0 spiro atoms. The minimum Gasteiger partial charge on any atom is -0.298 e. The molecule has 2 atom stereocenters. The summed E-state index contributed by atoms with van der Waals surface area (Å²) in [6.45, 7) is 4.29. The third-order valence-corrected chi connectivity index (χ3v) is 8.39. The third kappa shape index (κ3) is 5.64. The predicted octanol–water partition coefficient (Wildman–Crippen LogP) is 5.66. The second kappa shape index (κ2) is 10.2. The van der Waals surface area contributed by atoms with Crippen molar-refractivity contribution in [3.63, 3.8) is 0 Å². The molecule has 1 saturated heterocycles. The summed E-state index contributed by atoms with van der Waals surface area (Å²) in [5, 5.41) is -0.0716. The molecule has 0 aromatic heterocycles. The van der Waals surface area contributed by atoms with Gasteiger partial charge in [-0.05, 0) is 58.4 Å². The fourth-order valence-electron chi connectivity index (χ4n) is 4.35. The van der Waals surface area contributed by atoms with Crippen LogP contribution in [-0.2, 0) is 21.4 Å². The van der Waals surface area contributed by atoms with E-state index < -0.39 is 28.1 Å². The van der Waals surface area contributed by atoms with Crippen LogP contribution in [0.2, 0.25) is 5.02 Å². The lowest BCUT2D eigenvalue weighted by molar-refractivity contribution is -0.122. The number of carbonyl (C=O) groups is 1. The van der Waals surface area contributed by atoms with E-state index in [1.165, 1.54) is 30.8 Å². The number of ketones is 1. The van der Waals surface area contributed by atoms with Crippen LogP contribution in [0.5, 0.6) is 0 Å². The Morgan fingerprint density at radius 1 is 1.09 bits per heavy atom. The number of likely N-dealkylation sites (N-methyl/N-ethyl adjacent to an activating group) is 1. The summed E-state index contributed by atoms with van der Waals surface area (Å²) in [7, 11) is -2.48. The van der Waals surface area contributed by atoms with Gasteiger partial charge in [0.05, 0.1) is 11.1 Å². The molecule has 1 fully saturated rings. The van der Waals surface area contributed by atoms with Gasteiger partial charge in [-0.1, -0.05) is 74.0 Å². The van der Waals surface area contributed by atoms with Crippen LogP contribution < -0.4 is 4.72 Å². The second-order valence-electron chi connectivity index (χ2n) is 9.24. The zero-order valence-corrected chi connectivity index (χ0v) is 21.4. The summed E-state index contributed by atoms with van der Waals surface area (Å²) in [6.07, 6.45) is 0.235. The quantitative estimate of drug-likeness (QED) is 0.461. The van der Waals surface area contributed by atoms with Gasteiger partial charge in [-0.2, -0.15) is 17.4 Å². The van der Waals surface area contributed by atoms with Crippen molar-refractivity contribution >= 4 is 27.6 Å². The average Bonchev–Trinajstić information content (AvgIpc) is 2.83. The van der Waals surface area contributed by atoms with Gasteiger partial charge in [-0.15, -0.1) is 0 Å². The van der Waals surface area contributed by atoms with E-state index in [1.807, 2.05) is 24.3 Å². The smallest absolute Gasteiger partial charge is 0.280 e. The molecule has 4 rings (SSSR count). The van der Waals surface area contributed by atoms with E-state index in [4.69, 9.17) is 11.6 Å². The molecule has 1 aliphatic heterocycles. The Morgan fingerprint density at radius 2 is 1.80 bits per heavy atom. The number of nitrogens with zero attached hydrogens (tertiary/aromatic N) is 1. The van der Waals surface area contributed by atoms with Gasteiger partial charge in [0.2, 0.25) is 0 Å². The summed E-state index contributed by atoms with van der Waals surface area (Å²) < 4.78 is 43.0. The Bertz CT molecular complexity index is 1340. The molecule has 0 amide bonds. The van der Waals surface area contributed by atoms with Gasteiger partial charge in [0.15, 0.2) is 5.78 Å². The van der Waals surface area contributed by atoms with Crippen LogP contribution in [-0.4, -0.2) is 31.6 Å². The molecule has 5 nitrogen and oxygen atoms in total. The zero-order chi connectivity index (χ0) is 25.3. The maximum absolute atomic E-state index is 13.5. The number of hydrogen-bond donors (Lipinski definition) is 1. The summed E-state index contributed by atoms with van der Waals surface area (Å²) >= 11 is 5.85. The summed E-state index contributed by atoms with van der Waals surface area (Å²) in [5.41, 5.74) is 4.58. The highest BCUT2D eigenvalue weighted by Crippen LogP contribution is 2.32. The van der Waals surface area contributed by atoms with Gasteiger partial charge < -0.3 is 0 Å². The number of halogens is 2. The molecule has 0 bridgehead atoms. The van der Waals surface area contributed by atoms with Gasteiger partial charge in [-0.3, -0.25) is 4.79 Å². The Morgan fingerprint density at radius 3 is 2.46 bits per heavy atom. The molecule has 1 heterocycles. The van der Waals surface area contributed by atoms with Gasteiger partial charge in [-0.25, -0.2) is 4.39 Å².